The lowest BCUT2D eigenvalue weighted by atomic mass is 10.0. The fourth-order valence-electron chi connectivity index (χ4n) is 6.16. The van der Waals surface area contributed by atoms with E-state index in [0.717, 1.165) is 39.0 Å². The van der Waals surface area contributed by atoms with Gasteiger partial charge in [0, 0.05) is 33.5 Å². The molecule has 0 N–H and O–H groups in total. The zero-order valence-electron chi connectivity index (χ0n) is 25.6. The van der Waals surface area contributed by atoms with Gasteiger partial charge in [0.05, 0.1) is 40.0 Å². The molecule has 0 fully saturated rings. The van der Waals surface area contributed by atoms with Gasteiger partial charge in [-0.15, -0.1) is 0 Å². The maximum Gasteiger partial charge on any atom is 0.166 e. The Bertz CT molecular complexity index is 2500. The monoisotopic (exact) mass is 636 g/mol. The lowest BCUT2D eigenvalue weighted by molar-refractivity contribution is 0.584. The average molecular weight is 637 g/mol. The summed E-state index contributed by atoms with van der Waals surface area (Å²) in [5, 5.41) is 21.0. The maximum atomic E-state index is 14.5. The number of hydrogen-bond donors (Lipinski definition) is 0. The van der Waals surface area contributed by atoms with E-state index in [1.54, 1.807) is 18.2 Å². The molecule has 8 rings (SSSR count). The largest absolute Gasteiger partial charge is 0.308 e. The van der Waals surface area contributed by atoms with Crippen LogP contribution in [0.5, 0.6) is 0 Å². The van der Waals surface area contributed by atoms with E-state index in [1.807, 2.05) is 102 Å². The van der Waals surface area contributed by atoms with Crippen molar-refractivity contribution in [1.29, 1.82) is 10.5 Å². The third kappa shape index (κ3) is 5.34. The molecule has 0 saturated heterocycles. The zero-order chi connectivity index (χ0) is 33.5. The third-order valence-corrected chi connectivity index (χ3v) is 8.40. The Morgan fingerprint density at radius 1 is 0.469 bits per heavy atom. The Balaban J connectivity index is 1.47. The molecule has 0 unspecified atom stereocenters. The first-order chi connectivity index (χ1) is 24.0. The minimum atomic E-state index is -0.692. The van der Waals surface area contributed by atoms with Crippen LogP contribution in [0.4, 0.5) is 8.78 Å². The molecule has 2 aromatic heterocycles. The van der Waals surface area contributed by atoms with Crippen molar-refractivity contribution >= 4 is 21.8 Å². The molecule has 0 bridgehead atoms. The van der Waals surface area contributed by atoms with Crippen LogP contribution in [0.25, 0.3) is 72.8 Å². The minimum absolute atomic E-state index is 0.346. The standard InChI is InChI=1S/C41H22F2N6/c42-31-19-30(20-32(43)22-31)29-13-16-38(49-36-14-11-25(23-44)17-33(36)34-18-26(24-45)12-15-37(34)49)35(21-29)41-47-39(27-7-3-1-4-8-27)46-40(48-41)28-9-5-2-6-10-28/h1-22H. The van der Waals surface area contributed by atoms with Gasteiger partial charge < -0.3 is 4.57 Å². The van der Waals surface area contributed by atoms with Gasteiger partial charge in [-0.3, -0.25) is 0 Å². The number of nitrogens with zero attached hydrogens (tertiary/aromatic N) is 6. The molecule has 8 aromatic rings. The van der Waals surface area contributed by atoms with Gasteiger partial charge in [0.15, 0.2) is 17.5 Å². The molecule has 0 aliphatic carbocycles. The molecule has 0 amide bonds. The van der Waals surface area contributed by atoms with Crippen molar-refractivity contribution in [3.05, 3.63) is 156 Å². The van der Waals surface area contributed by atoms with Gasteiger partial charge >= 0.3 is 0 Å². The van der Waals surface area contributed by atoms with Crippen LogP contribution in [0.3, 0.4) is 0 Å². The van der Waals surface area contributed by atoms with Crippen LogP contribution in [0, 0.1) is 34.3 Å². The Kier molecular flexibility index (Phi) is 7.17. The summed E-state index contributed by atoms with van der Waals surface area (Å²) in [4.78, 5) is 14.8. The van der Waals surface area contributed by atoms with Gasteiger partial charge in [-0.05, 0) is 71.8 Å². The SMILES string of the molecule is N#Cc1ccc2c(c1)c1cc(C#N)ccc1n2-c1ccc(-c2cc(F)cc(F)c2)cc1-c1nc(-c2ccccc2)nc(-c2ccccc2)n1. The van der Waals surface area contributed by atoms with Crippen LogP contribution in [-0.2, 0) is 0 Å². The Hall–Kier alpha value is -7.03. The summed E-state index contributed by atoms with van der Waals surface area (Å²) in [5.74, 6) is -0.127. The highest BCUT2D eigenvalue weighted by molar-refractivity contribution is 6.10. The van der Waals surface area contributed by atoms with Crippen molar-refractivity contribution in [2.45, 2.75) is 0 Å². The third-order valence-electron chi connectivity index (χ3n) is 8.40. The number of halogens is 2. The second-order valence-corrected chi connectivity index (χ2v) is 11.5. The number of aromatic nitrogens is 4. The summed E-state index contributed by atoms with van der Waals surface area (Å²) in [7, 11) is 0. The van der Waals surface area contributed by atoms with Gasteiger partial charge in [-0.1, -0.05) is 66.7 Å². The molecular weight excluding hydrogens is 614 g/mol. The summed E-state index contributed by atoms with van der Waals surface area (Å²) in [5.41, 5.74) is 6.28. The molecule has 6 nitrogen and oxygen atoms in total. The van der Waals surface area contributed by atoms with Crippen molar-refractivity contribution in [2.24, 2.45) is 0 Å². The van der Waals surface area contributed by atoms with Crippen molar-refractivity contribution in [2.75, 3.05) is 0 Å². The van der Waals surface area contributed by atoms with Gasteiger partial charge in [0.1, 0.15) is 11.6 Å². The van der Waals surface area contributed by atoms with E-state index in [0.29, 0.717) is 51.0 Å². The maximum absolute atomic E-state index is 14.5. The van der Waals surface area contributed by atoms with Crippen LogP contribution in [0.15, 0.2) is 133 Å². The second-order valence-electron chi connectivity index (χ2n) is 11.5. The molecule has 0 saturated carbocycles. The summed E-state index contributed by atoms with van der Waals surface area (Å²) in [6.07, 6.45) is 0. The molecule has 2 heterocycles. The van der Waals surface area contributed by atoms with Crippen LogP contribution in [0.2, 0.25) is 0 Å². The molecule has 0 radical (unpaired) electrons. The average Bonchev–Trinajstić information content (AvgIpc) is 3.47. The lowest BCUT2D eigenvalue weighted by Gasteiger charge is -2.16. The molecule has 49 heavy (non-hydrogen) atoms. The number of benzene rings is 6. The predicted molar refractivity (Wildman–Crippen MR) is 185 cm³/mol. The minimum Gasteiger partial charge on any atom is -0.308 e. The van der Waals surface area contributed by atoms with E-state index in [-0.39, 0.29) is 0 Å². The van der Waals surface area contributed by atoms with Crippen molar-refractivity contribution in [1.82, 2.24) is 19.5 Å². The van der Waals surface area contributed by atoms with E-state index in [2.05, 4.69) is 12.1 Å². The van der Waals surface area contributed by atoms with Gasteiger partial charge in [-0.25, -0.2) is 23.7 Å². The van der Waals surface area contributed by atoms with Crippen molar-refractivity contribution in [3.63, 3.8) is 0 Å². The number of hydrogen-bond acceptors (Lipinski definition) is 5. The number of nitriles is 2. The molecule has 8 heteroatoms. The summed E-state index contributed by atoms with van der Waals surface area (Å²) >= 11 is 0. The quantitative estimate of drug-likeness (QED) is 0.188. The zero-order valence-corrected chi connectivity index (χ0v) is 25.6. The van der Waals surface area contributed by atoms with Crippen LogP contribution >= 0.6 is 0 Å². The molecule has 0 aliphatic rings. The second kappa shape index (κ2) is 12.0. The topological polar surface area (TPSA) is 91.2 Å². The van der Waals surface area contributed by atoms with E-state index in [4.69, 9.17) is 15.0 Å². The first kappa shape index (κ1) is 29.4. The Morgan fingerprint density at radius 2 is 0.980 bits per heavy atom. The first-order valence-electron chi connectivity index (χ1n) is 15.4. The highest BCUT2D eigenvalue weighted by atomic mass is 19.1. The fraction of sp³-hybridized carbons (Fsp3) is 0. The smallest absolute Gasteiger partial charge is 0.166 e. The molecule has 230 valence electrons. The highest BCUT2D eigenvalue weighted by Gasteiger charge is 2.21. The summed E-state index contributed by atoms with van der Waals surface area (Å²) < 4.78 is 31.0. The first-order valence-corrected chi connectivity index (χ1v) is 15.4. The van der Waals surface area contributed by atoms with E-state index >= 15 is 0 Å². The van der Waals surface area contributed by atoms with Gasteiger partial charge in [0.2, 0.25) is 0 Å². The Labute approximate surface area is 279 Å². The summed E-state index contributed by atoms with van der Waals surface area (Å²) in [6, 6.07) is 43.4. The van der Waals surface area contributed by atoms with Crippen LogP contribution < -0.4 is 0 Å². The van der Waals surface area contributed by atoms with Gasteiger partial charge in [-0.2, -0.15) is 10.5 Å². The Morgan fingerprint density at radius 3 is 1.49 bits per heavy atom. The molecular formula is C41H22F2N6. The number of fused-ring (bicyclic) bond motifs is 3. The molecule has 0 atom stereocenters. The number of rotatable bonds is 5. The fourth-order valence-corrected chi connectivity index (χ4v) is 6.16. The van der Waals surface area contributed by atoms with Gasteiger partial charge in [0.25, 0.3) is 0 Å². The van der Waals surface area contributed by atoms with Crippen LogP contribution in [-0.4, -0.2) is 19.5 Å². The van der Waals surface area contributed by atoms with E-state index in [1.165, 1.54) is 12.1 Å². The van der Waals surface area contributed by atoms with E-state index < -0.39 is 11.6 Å². The van der Waals surface area contributed by atoms with Crippen molar-refractivity contribution in [3.8, 4) is 63.1 Å². The summed E-state index contributed by atoms with van der Waals surface area (Å²) in [6.45, 7) is 0. The highest BCUT2D eigenvalue weighted by Crippen LogP contribution is 2.39. The molecule has 6 aromatic carbocycles. The lowest BCUT2D eigenvalue weighted by Crippen LogP contribution is -2.04. The predicted octanol–water partition coefficient (Wildman–Crippen LogP) is 9.66. The van der Waals surface area contributed by atoms with Crippen molar-refractivity contribution < 1.29 is 8.78 Å². The molecule has 0 spiro atoms. The molecule has 0 aliphatic heterocycles. The normalized spacial score (nSPS) is 11.0. The van der Waals surface area contributed by atoms with E-state index in [9.17, 15) is 19.3 Å². The van der Waals surface area contributed by atoms with Crippen LogP contribution in [0.1, 0.15) is 11.1 Å².